The number of aliphatic hydroxyl groups excluding tert-OH is 1. The molecule has 1 spiro atoms. The van der Waals surface area contributed by atoms with Gasteiger partial charge in [0.05, 0.1) is 47.9 Å². The quantitative estimate of drug-likeness (QED) is 0.599. The van der Waals surface area contributed by atoms with E-state index in [-0.39, 0.29) is 25.0 Å². The molecule has 174 valence electrons. The summed E-state index contributed by atoms with van der Waals surface area (Å²) in [5.74, 6) is -2.98. The van der Waals surface area contributed by atoms with Crippen LogP contribution in [0.5, 0.6) is 0 Å². The number of carbonyl (C=O) groups excluding carboxylic acids is 3. The van der Waals surface area contributed by atoms with Crippen LogP contribution in [0.1, 0.15) is 33.6 Å². The Labute approximate surface area is 192 Å². The number of fused-ring (bicyclic) bond motifs is 1. The molecule has 2 N–H and O–H groups in total. The minimum absolute atomic E-state index is 0.118. The Balaban J connectivity index is 1.76. The summed E-state index contributed by atoms with van der Waals surface area (Å²) in [6, 6.07) is 5.24. The van der Waals surface area contributed by atoms with Gasteiger partial charge in [-0.1, -0.05) is 37.6 Å². The van der Waals surface area contributed by atoms with Crippen LogP contribution in [-0.4, -0.2) is 64.8 Å². The summed E-state index contributed by atoms with van der Waals surface area (Å²) >= 11 is 6.24. The summed E-state index contributed by atoms with van der Waals surface area (Å²) in [6.07, 6.45) is 0.562. The van der Waals surface area contributed by atoms with Crippen molar-refractivity contribution >= 4 is 35.1 Å². The van der Waals surface area contributed by atoms with Crippen molar-refractivity contribution < 1.29 is 29.0 Å². The Morgan fingerprint density at radius 2 is 2.09 bits per heavy atom. The molecule has 0 aliphatic carbocycles. The highest BCUT2D eigenvalue weighted by Gasteiger charge is 2.75. The molecule has 32 heavy (non-hydrogen) atoms. The molecule has 0 unspecified atom stereocenters. The van der Waals surface area contributed by atoms with Gasteiger partial charge >= 0.3 is 5.97 Å². The Morgan fingerprint density at radius 1 is 1.38 bits per heavy atom. The van der Waals surface area contributed by atoms with Gasteiger partial charge in [-0.2, -0.15) is 0 Å². The molecule has 6 atom stereocenters. The molecule has 3 heterocycles. The first-order valence-electron chi connectivity index (χ1n) is 11.1. The van der Waals surface area contributed by atoms with Crippen molar-refractivity contribution in [2.24, 2.45) is 17.8 Å². The van der Waals surface area contributed by atoms with Crippen LogP contribution in [-0.2, 0) is 23.9 Å². The molecule has 3 aliphatic rings. The largest absolute Gasteiger partial charge is 0.466 e. The van der Waals surface area contributed by atoms with E-state index in [0.717, 1.165) is 0 Å². The summed E-state index contributed by atoms with van der Waals surface area (Å²) in [6.45, 7) is 5.36. The number of nitrogens with zero attached hydrogens (tertiary/aromatic N) is 1. The summed E-state index contributed by atoms with van der Waals surface area (Å²) in [4.78, 5) is 41.6. The maximum atomic E-state index is 13.8. The molecule has 0 saturated carbocycles. The van der Waals surface area contributed by atoms with E-state index in [1.165, 1.54) is 4.90 Å². The molecule has 8 nitrogen and oxygen atoms in total. The Bertz CT molecular complexity index is 924. The molecule has 2 bridgehead atoms. The van der Waals surface area contributed by atoms with Gasteiger partial charge in [0.2, 0.25) is 11.8 Å². The predicted molar refractivity (Wildman–Crippen MR) is 117 cm³/mol. The fraction of sp³-hybridized carbons (Fsp3) is 0.609. The zero-order chi connectivity index (χ0) is 23.2. The number of esters is 1. The minimum Gasteiger partial charge on any atom is -0.466 e. The van der Waals surface area contributed by atoms with Crippen molar-refractivity contribution in [1.29, 1.82) is 0 Å². The summed E-state index contributed by atoms with van der Waals surface area (Å²) in [7, 11) is 0. The van der Waals surface area contributed by atoms with Gasteiger partial charge in [-0.25, -0.2) is 0 Å². The van der Waals surface area contributed by atoms with Crippen LogP contribution in [0.25, 0.3) is 0 Å². The molecule has 3 saturated heterocycles. The number of rotatable bonds is 7. The van der Waals surface area contributed by atoms with Crippen molar-refractivity contribution in [2.75, 3.05) is 18.5 Å². The lowest BCUT2D eigenvalue weighted by Crippen LogP contribution is -2.57. The number of likely N-dealkylation sites (tertiary alicyclic amines) is 1. The van der Waals surface area contributed by atoms with E-state index in [4.69, 9.17) is 21.1 Å². The van der Waals surface area contributed by atoms with Crippen LogP contribution in [0.2, 0.25) is 5.02 Å². The van der Waals surface area contributed by atoms with Crippen LogP contribution in [0.3, 0.4) is 0 Å². The van der Waals surface area contributed by atoms with Crippen molar-refractivity contribution in [1.82, 2.24) is 4.90 Å². The van der Waals surface area contributed by atoms with Gasteiger partial charge in [0.1, 0.15) is 11.6 Å². The number of hydrogen-bond donors (Lipinski definition) is 2. The number of halogens is 1. The lowest BCUT2D eigenvalue weighted by atomic mass is 9.70. The molecule has 4 rings (SSSR count). The molecule has 2 amide bonds. The van der Waals surface area contributed by atoms with Crippen molar-refractivity contribution in [2.45, 2.75) is 57.4 Å². The van der Waals surface area contributed by atoms with Gasteiger partial charge in [-0.3, -0.25) is 14.4 Å². The van der Waals surface area contributed by atoms with E-state index in [2.05, 4.69) is 5.32 Å². The van der Waals surface area contributed by atoms with Crippen LogP contribution in [0.4, 0.5) is 5.69 Å². The molecule has 3 aliphatic heterocycles. The Kier molecular flexibility index (Phi) is 6.22. The van der Waals surface area contributed by atoms with Crippen LogP contribution in [0.15, 0.2) is 24.3 Å². The highest BCUT2D eigenvalue weighted by molar-refractivity contribution is 6.33. The van der Waals surface area contributed by atoms with E-state index in [1.54, 1.807) is 31.2 Å². The van der Waals surface area contributed by atoms with Gasteiger partial charge in [-0.05, 0) is 37.8 Å². The monoisotopic (exact) mass is 464 g/mol. The van der Waals surface area contributed by atoms with E-state index in [9.17, 15) is 19.5 Å². The molecule has 9 heteroatoms. The first kappa shape index (κ1) is 23.0. The zero-order valence-corrected chi connectivity index (χ0v) is 19.2. The van der Waals surface area contributed by atoms with E-state index >= 15 is 0 Å². The number of carbonyl (C=O) groups is 3. The van der Waals surface area contributed by atoms with E-state index in [1.807, 2.05) is 13.8 Å². The Morgan fingerprint density at radius 3 is 2.72 bits per heavy atom. The number of ether oxygens (including phenoxy) is 2. The van der Waals surface area contributed by atoms with Gasteiger partial charge in [0, 0.05) is 0 Å². The first-order valence-corrected chi connectivity index (χ1v) is 11.5. The van der Waals surface area contributed by atoms with Crippen LogP contribution in [0, 0.1) is 17.8 Å². The number of aliphatic hydroxyl groups is 1. The summed E-state index contributed by atoms with van der Waals surface area (Å²) in [5, 5.41) is 13.3. The average molecular weight is 465 g/mol. The number of amides is 2. The highest BCUT2D eigenvalue weighted by Crippen LogP contribution is 2.59. The SMILES string of the molecule is CCOC(=O)[C@@H]1[C@H]2C(=O)N([C@@H](CO)C(C)C)[C@H](C(=O)Nc3ccccc3Cl)[C@]23CC[C@H]1O3. The maximum absolute atomic E-state index is 13.8. The van der Waals surface area contributed by atoms with Gasteiger partial charge in [0.25, 0.3) is 0 Å². The fourth-order valence-electron chi connectivity index (χ4n) is 5.64. The van der Waals surface area contributed by atoms with E-state index < -0.39 is 47.5 Å². The predicted octanol–water partition coefficient (Wildman–Crippen LogP) is 2.23. The molecule has 1 aromatic carbocycles. The topological polar surface area (TPSA) is 105 Å². The third-order valence-corrected chi connectivity index (χ3v) is 7.32. The van der Waals surface area contributed by atoms with E-state index in [0.29, 0.717) is 23.6 Å². The number of nitrogens with one attached hydrogen (secondary N) is 1. The Hall–Kier alpha value is -2.16. The zero-order valence-electron chi connectivity index (χ0n) is 18.4. The number of anilines is 1. The second-order valence-electron chi connectivity index (χ2n) is 9.02. The van der Waals surface area contributed by atoms with Crippen molar-refractivity contribution in [3.05, 3.63) is 29.3 Å². The first-order chi connectivity index (χ1) is 15.3. The minimum atomic E-state index is -1.15. The molecular weight excluding hydrogens is 436 g/mol. The van der Waals surface area contributed by atoms with Gasteiger partial charge < -0.3 is 24.8 Å². The van der Waals surface area contributed by atoms with Gasteiger partial charge in [-0.15, -0.1) is 0 Å². The number of para-hydroxylation sites is 1. The normalized spacial score (nSPS) is 31.7. The number of benzene rings is 1. The van der Waals surface area contributed by atoms with Crippen molar-refractivity contribution in [3.8, 4) is 0 Å². The summed E-state index contributed by atoms with van der Waals surface area (Å²) in [5.41, 5.74) is -0.724. The van der Waals surface area contributed by atoms with Crippen LogP contribution >= 0.6 is 11.6 Å². The average Bonchev–Trinajstić information content (AvgIpc) is 3.38. The third-order valence-electron chi connectivity index (χ3n) is 6.99. The fourth-order valence-corrected chi connectivity index (χ4v) is 5.82. The molecule has 0 radical (unpaired) electrons. The molecule has 0 aromatic heterocycles. The molecule has 3 fully saturated rings. The summed E-state index contributed by atoms with van der Waals surface area (Å²) < 4.78 is 11.6. The lowest BCUT2D eigenvalue weighted by molar-refractivity contribution is -0.155. The molecular formula is C23H29ClN2O6. The molecule has 1 aromatic rings. The second-order valence-corrected chi connectivity index (χ2v) is 9.42. The highest BCUT2D eigenvalue weighted by atomic mass is 35.5. The van der Waals surface area contributed by atoms with Crippen LogP contribution < -0.4 is 5.32 Å². The number of hydrogen-bond acceptors (Lipinski definition) is 6. The smallest absolute Gasteiger partial charge is 0.312 e. The van der Waals surface area contributed by atoms with Crippen molar-refractivity contribution in [3.63, 3.8) is 0 Å². The maximum Gasteiger partial charge on any atom is 0.312 e. The third kappa shape index (κ3) is 3.40. The lowest BCUT2D eigenvalue weighted by Gasteiger charge is -2.38. The van der Waals surface area contributed by atoms with Gasteiger partial charge in [0.15, 0.2) is 0 Å². The standard InChI is InChI=1S/C23H29ClN2O6/c1-4-31-22(30)17-16-9-10-23(32-16)18(17)21(29)26(15(11-27)12(2)3)19(23)20(28)25-14-8-6-5-7-13(14)24/h5-8,12,15-19,27H,4,9-11H2,1-3H3,(H,25,28)/t15-,16+,17-,18-,19+,23-/m0/s1. The second kappa shape index (κ2) is 8.65.